The normalized spacial score (nSPS) is 18.2. The number of rotatable bonds is 8. The molecule has 0 radical (unpaired) electrons. The largest absolute Gasteiger partial charge is 0.469 e. The molecule has 10 nitrogen and oxygen atoms in total. The number of benzene rings is 2. The molecule has 10 heteroatoms. The van der Waals surface area contributed by atoms with Crippen LogP contribution >= 0.6 is 0 Å². The van der Waals surface area contributed by atoms with Crippen molar-refractivity contribution >= 4 is 40.9 Å². The molecule has 0 aliphatic carbocycles. The molecule has 1 saturated heterocycles. The minimum absolute atomic E-state index is 0.0190. The van der Waals surface area contributed by atoms with Gasteiger partial charge in [-0.1, -0.05) is 18.2 Å². The molecule has 0 saturated carbocycles. The molecule has 1 fully saturated rings. The summed E-state index contributed by atoms with van der Waals surface area (Å²) in [5, 5.41) is 9.79. The number of carbonyl (C=O) groups excluding carboxylic acids is 4. The van der Waals surface area contributed by atoms with Crippen LogP contribution in [-0.4, -0.2) is 48.0 Å². The Balaban J connectivity index is 1.53. The monoisotopic (exact) mass is 495 g/mol. The van der Waals surface area contributed by atoms with E-state index >= 15 is 0 Å². The predicted molar refractivity (Wildman–Crippen MR) is 137 cm³/mol. The molecule has 0 bridgehead atoms. The summed E-state index contributed by atoms with van der Waals surface area (Å²) in [6.45, 7) is 5.59. The number of urea groups is 1. The van der Waals surface area contributed by atoms with Crippen LogP contribution in [0.2, 0.25) is 0 Å². The van der Waals surface area contributed by atoms with Crippen LogP contribution in [0, 0.1) is 12.8 Å². The van der Waals surface area contributed by atoms with E-state index in [4.69, 9.17) is 4.74 Å². The second-order valence-electron chi connectivity index (χ2n) is 9.02. The van der Waals surface area contributed by atoms with Gasteiger partial charge in [0, 0.05) is 35.4 Å². The Morgan fingerprint density at radius 3 is 2.33 bits per heavy atom. The highest BCUT2D eigenvalue weighted by Crippen LogP contribution is 2.23. The third-order valence-electron chi connectivity index (χ3n) is 5.97. The predicted octanol–water partition coefficient (Wildman–Crippen LogP) is 3.66. The average molecular weight is 496 g/mol. The summed E-state index contributed by atoms with van der Waals surface area (Å²) < 4.78 is 4.70. The van der Waals surface area contributed by atoms with Gasteiger partial charge in [-0.05, 0) is 63.1 Å². The summed E-state index contributed by atoms with van der Waals surface area (Å²) in [7, 11) is 1.30. The lowest BCUT2D eigenvalue weighted by Gasteiger charge is -2.39. The van der Waals surface area contributed by atoms with E-state index in [1.165, 1.54) is 12.1 Å². The number of nitrogens with zero attached hydrogens (tertiary/aromatic N) is 1. The van der Waals surface area contributed by atoms with Gasteiger partial charge in [-0.3, -0.25) is 19.4 Å². The highest BCUT2D eigenvalue weighted by Gasteiger charge is 2.36. The zero-order chi connectivity index (χ0) is 26.2. The first-order valence-electron chi connectivity index (χ1n) is 11.9. The quantitative estimate of drug-likeness (QED) is 0.414. The van der Waals surface area contributed by atoms with Crippen molar-refractivity contribution in [3.63, 3.8) is 0 Å². The number of anilines is 3. The highest BCUT2D eigenvalue weighted by atomic mass is 16.5. The lowest BCUT2D eigenvalue weighted by molar-refractivity contribution is -0.152. The fraction of sp³-hybridized carbons (Fsp3) is 0.385. The van der Waals surface area contributed by atoms with E-state index < -0.39 is 17.9 Å². The zero-order valence-corrected chi connectivity index (χ0v) is 21.0. The van der Waals surface area contributed by atoms with Gasteiger partial charge in [0.25, 0.3) is 0 Å². The van der Waals surface area contributed by atoms with Crippen LogP contribution in [0.5, 0.6) is 0 Å². The van der Waals surface area contributed by atoms with E-state index in [1.54, 1.807) is 31.2 Å². The summed E-state index contributed by atoms with van der Waals surface area (Å²) in [5.74, 6) is -1.43. The molecular formula is C26H33N5O5. The molecular weight excluding hydrogens is 462 g/mol. The SMILES string of the molecule is COC(=O)C[C@@H](C)N1NC(C)CC(CC(=O)Nc2ccc(NC(=O)Nc3ccccc3C)cc2)C1=O. The van der Waals surface area contributed by atoms with Gasteiger partial charge in [0.15, 0.2) is 0 Å². The van der Waals surface area contributed by atoms with Crippen molar-refractivity contribution < 1.29 is 23.9 Å². The number of esters is 1. The Bertz CT molecular complexity index is 1100. The van der Waals surface area contributed by atoms with Gasteiger partial charge in [0.1, 0.15) is 0 Å². The highest BCUT2D eigenvalue weighted by molar-refractivity contribution is 6.00. The number of hydrogen-bond donors (Lipinski definition) is 4. The second-order valence-corrected chi connectivity index (χ2v) is 9.02. The minimum atomic E-state index is -0.507. The van der Waals surface area contributed by atoms with Crippen LogP contribution in [0.25, 0.3) is 0 Å². The first-order chi connectivity index (χ1) is 17.2. The van der Waals surface area contributed by atoms with Crippen LogP contribution in [-0.2, 0) is 19.1 Å². The van der Waals surface area contributed by atoms with Crippen LogP contribution in [0.3, 0.4) is 0 Å². The number of amides is 4. The van der Waals surface area contributed by atoms with Crippen molar-refractivity contribution in [2.45, 2.75) is 52.1 Å². The molecule has 0 spiro atoms. The lowest BCUT2D eigenvalue weighted by atomic mass is 9.93. The summed E-state index contributed by atoms with van der Waals surface area (Å²) in [4.78, 5) is 49.5. The van der Waals surface area contributed by atoms with Crippen molar-refractivity contribution in [2.75, 3.05) is 23.1 Å². The topological polar surface area (TPSA) is 129 Å². The number of ether oxygens (including phenoxy) is 1. The molecule has 1 aliphatic rings. The van der Waals surface area contributed by atoms with Crippen LogP contribution in [0.15, 0.2) is 48.5 Å². The molecule has 192 valence electrons. The molecule has 3 atom stereocenters. The third-order valence-corrected chi connectivity index (χ3v) is 5.97. The Labute approximate surface area is 210 Å². The third kappa shape index (κ3) is 7.29. The van der Waals surface area contributed by atoms with E-state index in [9.17, 15) is 19.2 Å². The van der Waals surface area contributed by atoms with Crippen molar-refractivity contribution in [1.29, 1.82) is 0 Å². The minimum Gasteiger partial charge on any atom is -0.469 e. The maximum absolute atomic E-state index is 13.0. The summed E-state index contributed by atoms with van der Waals surface area (Å²) in [6.07, 6.45) is 0.585. The van der Waals surface area contributed by atoms with Crippen LogP contribution in [0.1, 0.15) is 38.7 Å². The number of para-hydroxylation sites is 1. The fourth-order valence-corrected chi connectivity index (χ4v) is 4.08. The van der Waals surface area contributed by atoms with Gasteiger partial charge in [-0.25, -0.2) is 10.2 Å². The molecule has 4 N–H and O–H groups in total. The molecule has 1 aliphatic heterocycles. The second kappa shape index (κ2) is 12.2. The standard InChI is InChI=1S/C26H33N5O5/c1-16-7-5-6-8-22(16)29-26(35)28-21-11-9-20(10-12-21)27-23(32)15-19-13-17(2)30-31(25(19)34)18(3)14-24(33)36-4/h5-12,17-19,30H,13-15H2,1-4H3,(H,27,32)(H2,28,29,35)/t17?,18-,19?/m1/s1. The summed E-state index contributed by atoms with van der Waals surface area (Å²) in [5.41, 5.74) is 5.88. The zero-order valence-electron chi connectivity index (χ0n) is 21.0. The molecule has 36 heavy (non-hydrogen) atoms. The molecule has 4 amide bonds. The van der Waals surface area contributed by atoms with Gasteiger partial charge in [0.05, 0.1) is 19.6 Å². The molecule has 2 unspecified atom stereocenters. The maximum Gasteiger partial charge on any atom is 0.323 e. The number of carbonyl (C=O) groups is 4. The van der Waals surface area contributed by atoms with Gasteiger partial charge in [0.2, 0.25) is 11.8 Å². The Kier molecular flexibility index (Phi) is 9.02. The fourth-order valence-electron chi connectivity index (χ4n) is 4.08. The van der Waals surface area contributed by atoms with Gasteiger partial charge in [-0.15, -0.1) is 0 Å². The maximum atomic E-state index is 13.0. The number of hydrogen-bond acceptors (Lipinski definition) is 6. The Morgan fingerprint density at radius 2 is 1.69 bits per heavy atom. The van der Waals surface area contributed by atoms with E-state index in [0.29, 0.717) is 17.8 Å². The van der Waals surface area contributed by atoms with E-state index in [0.717, 1.165) is 11.3 Å². The first kappa shape index (κ1) is 26.7. The average Bonchev–Trinajstić information content (AvgIpc) is 2.83. The summed E-state index contributed by atoms with van der Waals surface area (Å²) in [6, 6.07) is 13.4. The van der Waals surface area contributed by atoms with E-state index in [-0.39, 0.29) is 36.7 Å². The smallest absolute Gasteiger partial charge is 0.323 e. The first-order valence-corrected chi connectivity index (χ1v) is 11.9. The lowest BCUT2D eigenvalue weighted by Crippen LogP contribution is -2.59. The molecule has 2 aromatic rings. The molecule has 0 aromatic heterocycles. The van der Waals surface area contributed by atoms with Crippen molar-refractivity contribution in [1.82, 2.24) is 10.4 Å². The molecule has 1 heterocycles. The summed E-state index contributed by atoms with van der Waals surface area (Å²) >= 11 is 0. The molecule has 3 rings (SSSR count). The number of methoxy groups -OCH3 is 1. The van der Waals surface area contributed by atoms with E-state index in [1.807, 2.05) is 38.1 Å². The molecule has 2 aromatic carbocycles. The van der Waals surface area contributed by atoms with E-state index in [2.05, 4.69) is 21.4 Å². The van der Waals surface area contributed by atoms with Gasteiger partial charge < -0.3 is 20.7 Å². The van der Waals surface area contributed by atoms with Crippen molar-refractivity contribution in [3.8, 4) is 0 Å². The Morgan fingerprint density at radius 1 is 1.06 bits per heavy atom. The van der Waals surface area contributed by atoms with Gasteiger partial charge in [-0.2, -0.15) is 0 Å². The van der Waals surface area contributed by atoms with Crippen LogP contribution < -0.4 is 21.4 Å². The number of hydrazine groups is 1. The van der Waals surface area contributed by atoms with Crippen molar-refractivity contribution in [2.24, 2.45) is 5.92 Å². The number of nitrogens with one attached hydrogen (secondary N) is 4. The number of aryl methyl sites for hydroxylation is 1. The van der Waals surface area contributed by atoms with Crippen LogP contribution in [0.4, 0.5) is 21.9 Å². The van der Waals surface area contributed by atoms with Gasteiger partial charge >= 0.3 is 12.0 Å². The van der Waals surface area contributed by atoms with Crippen molar-refractivity contribution in [3.05, 3.63) is 54.1 Å². The Hall–Kier alpha value is -3.92.